The summed E-state index contributed by atoms with van der Waals surface area (Å²) in [6.07, 6.45) is 0. The van der Waals surface area contributed by atoms with Gasteiger partial charge in [-0.25, -0.2) is 17.5 Å². The van der Waals surface area contributed by atoms with Crippen LogP contribution < -0.4 is 4.72 Å². The minimum absolute atomic E-state index is 0.0570. The summed E-state index contributed by atoms with van der Waals surface area (Å²) in [5.41, 5.74) is 0.700. The first-order valence-corrected chi connectivity index (χ1v) is 6.24. The smallest absolute Gasteiger partial charge is 0.241 e. The van der Waals surface area contributed by atoms with E-state index in [9.17, 15) is 12.8 Å². The lowest BCUT2D eigenvalue weighted by Gasteiger charge is -2.11. The van der Waals surface area contributed by atoms with E-state index in [2.05, 4.69) is 4.72 Å². The molecule has 1 aromatic carbocycles. The maximum Gasteiger partial charge on any atom is 0.241 e. The average molecular weight is 247 g/mol. The van der Waals surface area contributed by atoms with Crippen LogP contribution in [0.4, 0.5) is 4.39 Å². The van der Waals surface area contributed by atoms with Crippen molar-refractivity contribution in [1.82, 2.24) is 4.72 Å². The Hall–Kier alpha value is -0.980. The minimum Gasteiger partial charge on any atom is -0.395 e. The molecule has 2 N–H and O–H groups in total. The van der Waals surface area contributed by atoms with Crippen LogP contribution in [-0.2, 0) is 10.0 Å². The first-order chi connectivity index (χ1) is 7.38. The Morgan fingerprint density at radius 3 is 2.25 bits per heavy atom. The van der Waals surface area contributed by atoms with Crippen LogP contribution >= 0.6 is 0 Å². The van der Waals surface area contributed by atoms with Gasteiger partial charge >= 0.3 is 0 Å². The molecular weight excluding hydrogens is 233 g/mol. The third-order valence-electron chi connectivity index (χ3n) is 2.10. The van der Waals surface area contributed by atoms with Gasteiger partial charge in [-0.2, -0.15) is 0 Å². The van der Waals surface area contributed by atoms with Crippen LogP contribution in [0.5, 0.6) is 0 Å². The van der Waals surface area contributed by atoms with Gasteiger partial charge in [-0.1, -0.05) is 0 Å². The molecule has 0 aromatic heterocycles. The fourth-order valence-corrected chi connectivity index (χ4v) is 3.04. The van der Waals surface area contributed by atoms with Crippen LogP contribution in [-0.4, -0.2) is 26.7 Å². The zero-order valence-corrected chi connectivity index (χ0v) is 9.94. The van der Waals surface area contributed by atoms with Gasteiger partial charge in [-0.15, -0.1) is 0 Å². The Kier molecular flexibility index (Phi) is 4.01. The lowest BCUT2D eigenvalue weighted by Crippen LogP contribution is -2.28. The second-order valence-electron chi connectivity index (χ2n) is 3.49. The molecule has 0 spiro atoms. The largest absolute Gasteiger partial charge is 0.395 e. The molecule has 0 atom stereocenters. The Morgan fingerprint density at radius 2 is 1.81 bits per heavy atom. The first kappa shape index (κ1) is 13.1. The summed E-state index contributed by atoms with van der Waals surface area (Å²) >= 11 is 0. The zero-order valence-electron chi connectivity index (χ0n) is 9.12. The number of nitrogens with one attached hydrogen (secondary N) is 1. The number of benzene rings is 1. The molecule has 0 aliphatic heterocycles. The van der Waals surface area contributed by atoms with Crippen molar-refractivity contribution in [3.63, 3.8) is 0 Å². The second-order valence-corrected chi connectivity index (χ2v) is 5.19. The number of hydrogen-bond donors (Lipinski definition) is 2. The molecular formula is C10H14FNO3S. The van der Waals surface area contributed by atoms with Crippen molar-refractivity contribution in [3.8, 4) is 0 Å². The van der Waals surface area contributed by atoms with Crippen molar-refractivity contribution >= 4 is 10.0 Å². The van der Waals surface area contributed by atoms with Gasteiger partial charge in [0.1, 0.15) is 5.82 Å². The lowest BCUT2D eigenvalue weighted by molar-refractivity contribution is 0.301. The molecule has 0 unspecified atom stereocenters. The van der Waals surface area contributed by atoms with Gasteiger partial charge in [0.15, 0.2) is 0 Å². The standard InChI is InChI=1S/C10H14FNO3S/c1-7-5-9(11)6-8(2)10(7)16(14,15)12-3-4-13/h5-6,12-13H,3-4H2,1-2H3. The van der Waals surface area contributed by atoms with E-state index in [4.69, 9.17) is 5.11 Å². The van der Waals surface area contributed by atoms with Crippen molar-refractivity contribution in [1.29, 1.82) is 0 Å². The molecule has 0 fully saturated rings. The molecule has 1 aromatic rings. The van der Waals surface area contributed by atoms with Crippen molar-refractivity contribution in [2.24, 2.45) is 0 Å². The molecule has 0 saturated carbocycles. The Balaban J connectivity index is 3.23. The van der Waals surface area contributed by atoms with Crippen molar-refractivity contribution in [2.45, 2.75) is 18.7 Å². The molecule has 4 nitrogen and oxygen atoms in total. The van der Waals surface area contributed by atoms with Crippen LogP contribution in [0, 0.1) is 19.7 Å². The molecule has 0 aliphatic rings. The predicted octanol–water partition coefficient (Wildman–Crippen LogP) is 0.713. The molecule has 90 valence electrons. The monoisotopic (exact) mass is 247 g/mol. The van der Waals surface area contributed by atoms with Gasteiger partial charge < -0.3 is 5.11 Å². The van der Waals surface area contributed by atoms with Crippen molar-refractivity contribution in [3.05, 3.63) is 29.1 Å². The highest BCUT2D eigenvalue weighted by molar-refractivity contribution is 7.89. The fraction of sp³-hybridized carbons (Fsp3) is 0.400. The van der Waals surface area contributed by atoms with Gasteiger partial charge in [0, 0.05) is 6.54 Å². The summed E-state index contributed by atoms with van der Waals surface area (Å²) in [6.45, 7) is 2.73. The van der Waals surface area contributed by atoms with Gasteiger partial charge in [-0.05, 0) is 37.1 Å². The fourth-order valence-electron chi connectivity index (χ4n) is 1.57. The van der Waals surface area contributed by atoms with E-state index in [-0.39, 0.29) is 18.0 Å². The predicted molar refractivity (Wildman–Crippen MR) is 58.1 cm³/mol. The lowest BCUT2D eigenvalue weighted by atomic mass is 10.1. The molecule has 0 heterocycles. The van der Waals surface area contributed by atoms with Crippen LogP contribution in [0.2, 0.25) is 0 Å². The van der Waals surface area contributed by atoms with Gasteiger partial charge in [0.05, 0.1) is 11.5 Å². The topological polar surface area (TPSA) is 66.4 Å². The highest BCUT2D eigenvalue weighted by Crippen LogP contribution is 2.20. The molecule has 0 saturated heterocycles. The van der Waals surface area contributed by atoms with E-state index in [1.54, 1.807) is 0 Å². The molecule has 6 heteroatoms. The summed E-state index contributed by atoms with van der Waals surface area (Å²) in [4.78, 5) is 0.0716. The maximum atomic E-state index is 13.0. The van der Waals surface area contributed by atoms with Gasteiger partial charge in [0.25, 0.3) is 0 Å². The summed E-state index contributed by atoms with van der Waals surface area (Å²) in [5, 5.41) is 8.57. The average Bonchev–Trinajstić information content (AvgIpc) is 2.12. The van der Waals surface area contributed by atoms with E-state index in [1.165, 1.54) is 26.0 Å². The second kappa shape index (κ2) is 4.90. The van der Waals surface area contributed by atoms with Crippen LogP contribution in [0.15, 0.2) is 17.0 Å². The molecule has 0 amide bonds. The van der Waals surface area contributed by atoms with E-state index < -0.39 is 15.8 Å². The summed E-state index contributed by atoms with van der Waals surface area (Å²) in [7, 11) is -3.68. The number of aliphatic hydroxyl groups is 1. The molecule has 0 radical (unpaired) electrons. The SMILES string of the molecule is Cc1cc(F)cc(C)c1S(=O)(=O)NCCO. The molecule has 1 rings (SSSR count). The third-order valence-corrected chi connectivity index (χ3v) is 3.86. The summed E-state index contributed by atoms with van der Waals surface area (Å²) in [5.74, 6) is -0.462. The van der Waals surface area contributed by atoms with E-state index in [0.29, 0.717) is 11.1 Å². The summed E-state index contributed by atoms with van der Waals surface area (Å²) in [6, 6.07) is 2.33. The number of rotatable bonds is 4. The minimum atomic E-state index is -3.68. The Bertz CT molecular complexity index is 462. The van der Waals surface area contributed by atoms with E-state index in [0.717, 1.165) is 0 Å². The number of aryl methyl sites for hydroxylation is 2. The van der Waals surface area contributed by atoms with E-state index in [1.807, 2.05) is 0 Å². The third kappa shape index (κ3) is 2.78. The summed E-state index contributed by atoms with van der Waals surface area (Å²) < 4.78 is 38.8. The number of sulfonamides is 1. The van der Waals surface area contributed by atoms with Crippen LogP contribution in [0.25, 0.3) is 0 Å². The maximum absolute atomic E-state index is 13.0. The highest BCUT2D eigenvalue weighted by atomic mass is 32.2. The van der Waals surface area contributed by atoms with Gasteiger partial charge in [-0.3, -0.25) is 0 Å². The zero-order chi connectivity index (χ0) is 12.3. The Morgan fingerprint density at radius 1 is 1.31 bits per heavy atom. The first-order valence-electron chi connectivity index (χ1n) is 4.76. The number of hydrogen-bond acceptors (Lipinski definition) is 3. The van der Waals surface area contributed by atoms with Crippen LogP contribution in [0.3, 0.4) is 0 Å². The normalized spacial score (nSPS) is 11.8. The molecule has 0 bridgehead atoms. The highest BCUT2D eigenvalue weighted by Gasteiger charge is 2.19. The Labute approximate surface area is 94.2 Å². The molecule has 0 aliphatic carbocycles. The number of aliphatic hydroxyl groups excluding tert-OH is 1. The van der Waals surface area contributed by atoms with Gasteiger partial charge in [0.2, 0.25) is 10.0 Å². The van der Waals surface area contributed by atoms with Crippen molar-refractivity contribution in [2.75, 3.05) is 13.2 Å². The quantitative estimate of drug-likeness (QED) is 0.823. The van der Waals surface area contributed by atoms with E-state index >= 15 is 0 Å². The van der Waals surface area contributed by atoms with Crippen molar-refractivity contribution < 1.29 is 17.9 Å². The number of halogens is 1. The molecule has 16 heavy (non-hydrogen) atoms. The van der Waals surface area contributed by atoms with Crippen LogP contribution in [0.1, 0.15) is 11.1 Å².